The van der Waals surface area contributed by atoms with Gasteiger partial charge in [-0.05, 0) is 19.3 Å². The molecule has 2 saturated heterocycles. The lowest BCUT2D eigenvalue weighted by Gasteiger charge is -2.38. The molecule has 0 aromatic carbocycles. The molecule has 0 saturated carbocycles. The van der Waals surface area contributed by atoms with Gasteiger partial charge in [0.15, 0.2) is 0 Å². The number of carboxylic acid groups (broad SMARTS) is 1. The average molecular weight is 269 g/mol. The molecule has 6 heteroatoms. The van der Waals surface area contributed by atoms with Gasteiger partial charge in [0.2, 0.25) is 0 Å². The van der Waals surface area contributed by atoms with E-state index in [0.717, 1.165) is 19.5 Å². The first-order valence-electron chi connectivity index (χ1n) is 6.99. The Morgan fingerprint density at radius 3 is 2.21 bits per heavy atom. The van der Waals surface area contributed by atoms with Crippen LogP contribution in [0.1, 0.15) is 20.3 Å². The van der Waals surface area contributed by atoms with Crippen LogP contribution in [0.3, 0.4) is 0 Å². The smallest absolute Gasteiger partial charge is 0.320 e. The molecular weight excluding hydrogens is 246 g/mol. The summed E-state index contributed by atoms with van der Waals surface area (Å²) in [5.74, 6) is -0.203. The average Bonchev–Trinajstić information content (AvgIpc) is 2.84. The summed E-state index contributed by atoms with van der Waals surface area (Å²) in [5, 5.41) is 8.98. The summed E-state index contributed by atoms with van der Waals surface area (Å²) < 4.78 is 0. The number of urea groups is 1. The highest BCUT2D eigenvalue weighted by molar-refractivity contribution is 5.75. The summed E-state index contributed by atoms with van der Waals surface area (Å²) in [6.07, 6.45) is 1.09. The van der Waals surface area contributed by atoms with Gasteiger partial charge >= 0.3 is 12.0 Å². The van der Waals surface area contributed by atoms with Crippen LogP contribution in [0.2, 0.25) is 0 Å². The minimum absolute atomic E-state index is 0.118. The first-order valence-corrected chi connectivity index (χ1v) is 6.99. The van der Waals surface area contributed by atoms with Crippen LogP contribution >= 0.6 is 0 Å². The zero-order valence-corrected chi connectivity index (χ0v) is 11.7. The summed E-state index contributed by atoms with van der Waals surface area (Å²) in [5.41, 5.74) is 0. The number of nitrogens with zero attached hydrogens (tertiary/aromatic N) is 3. The van der Waals surface area contributed by atoms with E-state index in [0.29, 0.717) is 32.1 Å². The van der Waals surface area contributed by atoms with Crippen molar-refractivity contribution in [1.82, 2.24) is 14.7 Å². The molecule has 2 fully saturated rings. The molecule has 2 unspecified atom stereocenters. The van der Waals surface area contributed by atoms with Crippen LogP contribution in [0.5, 0.6) is 0 Å². The first-order chi connectivity index (χ1) is 8.99. The highest BCUT2D eigenvalue weighted by Crippen LogP contribution is 2.18. The van der Waals surface area contributed by atoms with Gasteiger partial charge in [0.1, 0.15) is 6.04 Å². The first kappa shape index (κ1) is 14.1. The fraction of sp³-hybridized carbons (Fsp3) is 0.846. The van der Waals surface area contributed by atoms with E-state index in [1.165, 1.54) is 0 Å². The standard InChI is InChI=1S/C13H23N3O3/c1-10-3-4-16(9-10)13(19)15-7-5-14(6-8-15)11(2)12(17)18/h10-11H,3-9H2,1-2H3,(H,17,18). The molecule has 0 aromatic heterocycles. The third-order valence-corrected chi connectivity index (χ3v) is 4.18. The maximum atomic E-state index is 12.3. The number of carbonyl (C=O) groups excluding carboxylic acids is 1. The van der Waals surface area contributed by atoms with Gasteiger partial charge in [-0.25, -0.2) is 4.79 Å². The normalized spacial score (nSPS) is 26.5. The van der Waals surface area contributed by atoms with Crippen LogP contribution in [0.25, 0.3) is 0 Å². The Labute approximate surface area is 114 Å². The third kappa shape index (κ3) is 3.18. The van der Waals surface area contributed by atoms with Crippen LogP contribution in [-0.2, 0) is 4.79 Å². The number of carbonyl (C=O) groups is 2. The molecule has 1 N–H and O–H groups in total. The Bertz CT molecular complexity index is 353. The molecule has 2 aliphatic rings. The molecule has 6 nitrogen and oxygen atoms in total. The number of piperazine rings is 1. The molecule has 2 rings (SSSR count). The second-order valence-electron chi connectivity index (χ2n) is 5.66. The molecule has 0 aliphatic carbocycles. The van der Waals surface area contributed by atoms with Crippen LogP contribution in [0.15, 0.2) is 0 Å². The van der Waals surface area contributed by atoms with E-state index in [-0.39, 0.29) is 6.03 Å². The number of carboxylic acids is 1. The molecule has 0 radical (unpaired) electrons. The molecule has 108 valence electrons. The van der Waals surface area contributed by atoms with Crippen molar-refractivity contribution in [2.75, 3.05) is 39.3 Å². The van der Waals surface area contributed by atoms with Gasteiger partial charge in [-0.3, -0.25) is 9.69 Å². The van der Waals surface area contributed by atoms with Crippen molar-refractivity contribution in [1.29, 1.82) is 0 Å². The fourth-order valence-corrected chi connectivity index (χ4v) is 2.77. The van der Waals surface area contributed by atoms with Crippen LogP contribution < -0.4 is 0 Å². The van der Waals surface area contributed by atoms with Gasteiger partial charge in [0.25, 0.3) is 0 Å². The largest absolute Gasteiger partial charge is 0.480 e. The fourth-order valence-electron chi connectivity index (χ4n) is 2.77. The number of aliphatic carboxylic acids is 1. The highest BCUT2D eigenvalue weighted by atomic mass is 16.4. The Kier molecular flexibility index (Phi) is 4.29. The van der Waals surface area contributed by atoms with E-state index < -0.39 is 12.0 Å². The Balaban J connectivity index is 1.83. The second kappa shape index (κ2) is 5.77. The SMILES string of the molecule is CC1CCN(C(=O)N2CCN(C(C)C(=O)O)CC2)C1. The van der Waals surface area contributed by atoms with Crippen LogP contribution in [-0.4, -0.2) is 77.1 Å². The maximum Gasteiger partial charge on any atom is 0.320 e. The monoisotopic (exact) mass is 269 g/mol. The summed E-state index contributed by atoms with van der Waals surface area (Å²) >= 11 is 0. The highest BCUT2D eigenvalue weighted by Gasteiger charge is 2.31. The quantitative estimate of drug-likeness (QED) is 0.794. The molecule has 0 spiro atoms. The molecule has 2 amide bonds. The number of amides is 2. The lowest BCUT2D eigenvalue weighted by Crippen LogP contribution is -2.55. The van der Waals surface area contributed by atoms with Crippen LogP contribution in [0.4, 0.5) is 4.79 Å². The number of rotatable bonds is 2. The van der Waals surface area contributed by atoms with Crippen molar-refractivity contribution in [3.05, 3.63) is 0 Å². The van der Waals surface area contributed by atoms with Crippen molar-refractivity contribution in [3.8, 4) is 0 Å². The van der Waals surface area contributed by atoms with Crippen molar-refractivity contribution in [2.45, 2.75) is 26.3 Å². The van der Waals surface area contributed by atoms with Gasteiger partial charge in [0, 0.05) is 39.3 Å². The molecular formula is C13H23N3O3. The van der Waals surface area contributed by atoms with E-state index in [1.807, 2.05) is 14.7 Å². The second-order valence-corrected chi connectivity index (χ2v) is 5.66. The Hall–Kier alpha value is -1.30. The van der Waals surface area contributed by atoms with E-state index >= 15 is 0 Å². The van der Waals surface area contributed by atoms with E-state index in [2.05, 4.69) is 6.92 Å². The van der Waals surface area contributed by atoms with Crippen molar-refractivity contribution >= 4 is 12.0 Å². The summed E-state index contributed by atoms with van der Waals surface area (Å²) in [7, 11) is 0. The molecule has 2 aliphatic heterocycles. The molecule has 0 aromatic rings. The number of hydrogen-bond donors (Lipinski definition) is 1. The lowest BCUT2D eigenvalue weighted by molar-refractivity contribution is -0.143. The molecule has 0 bridgehead atoms. The van der Waals surface area contributed by atoms with Gasteiger partial charge in [-0.1, -0.05) is 6.92 Å². The van der Waals surface area contributed by atoms with Gasteiger partial charge < -0.3 is 14.9 Å². The molecule has 19 heavy (non-hydrogen) atoms. The topological polar surface area (TPSA) is 64.1 Å². The lowest BCUT2D eigenvalue weighted by atomic mass is 10.2. The predicted octanol–water partition coefficient (Wildman–Crippen LogP) is 0.539. The Morgan fingerprint density at radius 2 is 1.74 bits per heavy atom. The van der Waals surface area contributed by atoms with Gasteiger partial charge in [0.05, 0.1) is 0 Å². The van der Waals surface area contributed by atoms with Gasteiger partial charge in [-0.2, -0.15) is 0 Å². The molecule has 2 atom stereocenters. The third-order valence-electron chi connectivity index (χ3n) is 4.18. The minimum Gasteiger partial charge on any atom is -0.480 e. The number of likely N-dealkylation sites (tertiary alicyclic amines) is 1. The zero-order chi connectivity index (χ0) is 14.0. The van der Waals surface area contributed by atoms with E-state index in [4.69, 9.17) is 5.11 Å². The molecule has 2 heterocycles. The maximum absolute atomic E-state index is 12.3. The van der Waals surface area contributed by atoms with Crippen molar-refractivity contribution in [3.63, 3.8) is 0 Å². The summed E-state index contributed by atoms with van der Waals surface area (Å²) in [6.45, 7) is 8.10. The van der Waals surface area contributed by atoms with Crippen molar-refractivity contribution < 1.29 is 14.7 Å². The van der Waals surface area contributed by atoms with Crippen molar-refractivity contribution in [2.24, 2.45) is 5.92 Å². The van der Waals surface area contributed by atoms with E-state index in [1.54, 1.807) is 6.92 Å². The van der Waals surface area contributed by atoms with Gasteiger partial charge in [-0.15, -0.1) is 0 Å². The van der Waals surface area contributed by atoms with E-state index in [9.17, 15) is 9.59 Å². The Morgan fingerprint density at radius 1 is 1.11 bits per heavy atom. The minimum atomic E-state index is -0.798. The van der Waals surface area contributed by atoms with Crippen LogP contribution in [0, 0.1) is 5.92 Å². The zero-order valence-electron chi connectivity index (χ0n) is 11.7. The predicted molar refractivity (Wildman–Crippen MR) is 71.0 cm³/mol. The summed E-state index contributed by atoms with van der Waals surface area (Å²) in [6, 6.07) is -0.351. The summed E-state index contributed by atoms with van der Waals surface area (Å²) in [4.78, 5) is 28.9. The number of hydrogen-bond acceptors (Lipinski definition) is 3.